The second-order valence-electron chi connectivity index (χ2n) is 4.78. The fourth-order valence-corrected chi connectivity index (χ4v) is 3.22. The van der Waals surface area contributed by atoms with Gasteiger partial charge in [0.25, 0.3) is 0 Å². The fraction of sp³-hybridized carbons (Fsp3) is 0.250. The van der Waals surface area contributed by atoms with Gasteiger partial charge in [0.2, 0.25) is 0 Å². The van der Waals surface area contributed by atoms with E-state index in [9.17, 15) is 0 Å². The Labute approximate surface area is 130 Å². The molecule has 21 heavy (non-hydrogen) atoms. The van der Waals surface area contributed by atoms with Crippen LogP contribution in [-0.4, -0.2) is 29.5 Å². The first-order chi connectivity index (χ1) is 10.4. The number of anilines is 1. The molecule has 0 saturated carbocycles. The average molecular weight is 346 g/mol. The van der Waals surface area contributed by atoms with Gasteiger partial charge in [-0.1, -0.05) is 6.92 Å². The molecule has 0 bridgehead atoms. The number of rotatable bonds is 6. The Balaban J connectivity index is 1.66. The van der Waals surface area contributed by atoms with Crippen molar-refractivity contribution in [1.82, 2.24) is 7.96 Å². The van der Waals surface area contributed by atoms with Crippen molar-refractivity contribution in [2.24, 2.45) is 0 Å². The van der Waals surface area contributed by atoms with Crippen LogP contribution in [0.4, 0.5) is 5.69 Å². The van der Waals surface area contributed by atoms with E-state index in [0.29, 0.717) is 0 Å². The molecular formula is C16H17N3OSe. The predicted molar refractivity (Wildman–Crippen MR) is 86.0 cm³/mol. The summed E-state index contributed by atoms with van der Waals surface area (Å²) in [7, 11) is 0. The maximum absolute atomic E-state index is 5.59. The van der Waals surface area contributed by atoms with Crippen LogP contribution < -0.4 is 10.1 Å². The molecule has 0 spiro atoms. The van der Waals surface area contributed by atoms with Crippen molar-refractivity contribution in [2.45, 2.75) is 19.9 Å². The van der Waals surface area contributed by atoms with Gasteiger partial charge in [-0.3, -0.25) is 0 Å². The molecule has 0 aliphatic rings. The van der Waals surface area contributed by atoms with E-state index in [-0.39, 0.29) is 15.0 Å². The molecule has 0 aliphatic heterocycles. The zero-order valence-electron chi connectivity index (χ0n) is 11.9. The van der Waals surface area contributed by atoms with Gasteiger partial charge in [-0.15, -0.1) is 0 Å². The molecule has 1 N–H and O–H groups in total. The van der Waals surface area contributed by atoms with Crippen LogP contribution in [0.5, 0.6) is 5.75 Å². The van der Waals surface area contributed by atoms with Crippen molar-refractivity contribution in [3.8, 4) is 5.75 Å². The monoisotopic (exact) mass is 347 g/mol. The summed E-state index contributed by atoms with van der Waals surface area (Å²) in [5.41, 5.74) is 4.28. The number of benzene rings is 2. The molecule has 2 aromatic carbocycles. The molecule has 3 aromatic rings. The van der Waals surface area contributed by atoms with Gasteiger partial charge in [0.05, 0.1) is 0 Å². The van der Waals surface area contributed by atoms with E-state index < -0.39 is 0 Å². The normalized spacial score (nSPS) is 10.7. The number of hydrogen-bond acceptors (Lipinski definition) is 4. The fourth-order valence-electron chi connectivity index (χ4n) is 2.07. The molecule has 4 nitrogen and oxygen atoms in total. The third-order valence-electron chi connectivity index (χ3n) is 3.17. The molecule has 5 heteroatoms. The van der Waals surface area contributed by atoms with Crippen molar-refractivity contribution >= 4 is 31.7 Å². The molecule has 0 amide bonds. The number of fused-ring (bicyclic) bond motifs is 1. The van der Waals surface area contributed by atoms with Crippen molar-refractivity contribution in [1.29, 1.82) is 0 Å². The van der Waals surface area contributed by atoms with E-state index in [4.69, 9.17) is 4.74 Å². The first kappa shape index (κ1) is 14.1. The van der Waals surface area contributed by atoms with E-state index >= 15 is 0 Å². The number of ether oxygens (including phenoxy) is 1. The number of nitrogens with one attached hydrogen (secondary N) is 1. The molecule has 1 aromatic heterocycles. The van der Waals surface area contributed by atoms with Crippen molar-refractivity contribution in [2.75, 3.05) is 11.9 Å². The number of hydrogen-bond donors (Lipinski definition) is 1. The van der Waals surface area contributed by atoms with Crippen LogP contribution in [0, 0.1) is 0 Å². The Morgan fingerprint density at radius 1 is 1.10 bits per heavy atom. The van der Waals surface area contributed by atoms with Crippen LogP contribution in [0.25, 0.3) is 11.0 Å². The van der Waals surface area contributed by atoms with E-state index in [1.54, 1.807) is 0 Å². The van der Waals surface area contributed by atoms with Gasteiger partial charge in [-0.2, -0.15) is 0 Å². The molecule has 0 fully saturated rings. The van der Waals surface area contributed by atoms with E-state index in [2.05, 4.69) is 38.4 Å². The van der Waals surface area contributed by atoms with Gasteiger partial charge in [0, 0.05) is 0 Å². The number of nitrogens with zero attached hydrogens (tertiary/aromatic N) is 2. The summed E-state index contributed by atoms with van der Waals surface area (Å²) in [6, 6.07) is 14.3. The van der Waals surface area contributed by atoms with Crippen LogP contribution in [0.2, 0.25) is 0 Å². The summed E-state index contributed by atoms with van der Waals surface area (Å²) < 4.78 is 14.5. The van der Waals surface area contributed by atoms with Gasteiger partial charge < -0.3 is 0 Å². The van der Waals surface area contributed by atoms with Gasteiger partial charge in [0.1, 0.15) is 0 Å². The Morgan fingerprint density at radius 3 is 2.76 bits per heavy atom. The minimum absolute atomic E-state index is 0.0123. The average Bonchev–Trinajstić information content (AvgIpc) is 3.01. The maximum atomic E-state index is 5.59. The summed E-state index contributed by atoms with van der Waals surface area (Å²) in [6.07, 6.45) is 1.03. The third kappa shape index (κ3) is 3.43. The molecule has 108 valence electrons. The molecule has 0 atom stereocenters. The van der Waals surface area contributed by atoms with E-state index in [0.717, 1.165) is 42.0 Å². The molecular weight excluding hydrogens is 329 g/mol. The van der Waals surface area contributed by atoms with E-state index in [1.165, 1.54) is 5.56 Å². The molecule has 1 heterocycles. The summed E-state index contributed by atoms with van der Waals surface area (Å²) in [6.45, 7) is 3.64. The van der Waals surface area contributed by atoms with Gasteiger partial charge >= 0.3 is 123 Å². The predicted octanol–water partition coefficient (Wildman–Crippen LogP) is 3.09. The standard InChI is InChI=1S/C16H17N3OSe/c1-2-10-20-13-8-6-12(7-9-13)11-17-14-4-3-5-15-16(14)19-21-18-15/h3-9,17H,2,10-11H2,1H3. The molecule has 3 rings (SSSR count). The molecule has 0 unspecified atom stereocenters. The molecule has 0 radical (unpaired) electrons. The van der Waals surface area contributed by atoms with Crippen LogP contribution >= 0.6 is 0 Å². The van der Waals surface area contributed by atoms with Crippen molar-refractivity contribution in [3.63, 3.8) is 0 Å². The second-order valence-corrected chi connectivity index (χ2v) is 5.89. The van der Waals surface area contributed by atoms with Gasteiger partial charge in [-0.25, -0.2) is 0 Å². The summed E-state index contributed by atoms with van der Waals surface area (Å²) in [4.78, 5) is 0. The first-order valence-corrected chi connectivity index (χ1v) is 8.57. The van der Waals surface area contributed by atoms with Crippen molar-refractivity contribution in [3.05, 3.63) is 48.0 Å². The first-order valence-electron chi connectivity index (χ1n) is 7.03. The Hall–Kier alpha value is -1.84. The van der Waals surface area contributed by atoms with Gasteiger partial charge in [0.15, 0.2) is 0 Å². The minimum atomic E-state index is 0.0123. The summed E-state index contributed by atoms with van der Waals surface area (Å²) in [5.74, 6) is 0.928. The quantitative estimate of drug-likeness (QED) is 0.697. The Bertz CT molecular complexity index is 709. The van der Waals surface area contributed by atoms with Crippen LogP contribution in [0.1, 0.15) is 18.9 Å². The van der Waals surface area contributed by atoms with Crippen molar-refractivity contribution < 1.29 is 4.74 Å². The molecule has 0 aliphatic carbocycles. The Kier molecular flexibility index (Phi) is 4.53. The van der Waals surface area contributed by atoms with Crippen LogP contribution in [-0.2, 0) is 6.54 Å². The zero-order valence-corrected chi connectivity index (χ0v) is 13.6. The van der Waals surface area contributed by atoms with E-state index in [1.807, 2.05) is 24.3 Å². The molecule has 0 saturated heterocycles. The second kappa shape index (κ2) is 6.74. The number of aromatic nitrogens is 2. The van der Waals surface area contributed by atoms with Crippen LogP contribution in [0.15, 0.2) is 42.5 Å². The summed E-state index contributed by atoms with van der Waals surface area (Å²) >= 11 is 0.0123. The zero-order chi connectivity index (χ0) is 14.5. The topological polar surface area (TPSA) is 47.0 Å². The van der Waals surface area contributed by atoms with Gasteiger partial charge in [-0.05, 0) is 0 Å². The summed E-state index contributed by atoms with van der Waals surface area (Å²) in [5, 5.41) is 3.44. The Morgan fingerprint density at radius 2 is 1.95 bits per heavy atom. The van der Waals surface area contributed by atoms with Crippen LogP contribution in [0.3, 0.4) is 0 Å². The SMILES string of the molecule is CCCOc1ccc(CNc2cccc3n[se]nc23)cc1. The third-order valence-corrected chi connectivity index (χ3v) is 4.30.